The van der Waals surface area contributed by atoms with Gasteiger partial charge in [-0.2, -0.15) is 0 Å². The number of aryl methyl sites for hydroxylation is 1. The molecule has 2 aromatic carbocycles. The van der Waals surface area contributed by atoms with Crippen LogP contribution in [0.5, 0.6) is 0 Å². The number of aromatic nitrogens is 1. The Labute approximate surface area is 117 Å². The Hall–Kier alpha value is -2.06. The number of para-hydroxylation sites is 1. The van der Waals surface area contributed by atoms with Crippen LogP contribution < -0.4 is 5.32 Å². The summed E-state index contributed by atoms with van der Waals surface area (Å²) < 4.78 is 0. The number of fused-ring (bicyclic) bond motifs is 1. The number of halogens is 1. The van der Waals surface area contributed by atoms with Gasteiger partial charge < -0.3 is 5.32 Å². The van der Waals surface area contributed by atoms with Crippen LogP contribution in [-0.4, -0.2) is 4.98 Å². The lowest BCUT2D eigenvalue weighted by atomic mass is 10.1. The van der Waals surface area contributed by atoms with Crippen LogP contribution in [0.1, 0.15) is 5.69 Å². The molecule has 1 aromatic heterocycles. The van der Waals surface area contributed by atoms with E-state index >= 15 is 0 Å². The molecule has 1 heterocycles. The minimum atomic E-state index is 0.737. The van der Waals surface area contributed by atoms with Gasteiger partial charge in [0, 0.05) is 27.5 Å². The number of pyridine rings is 1. The third-order valence-corrected chi connectivity index (χ3v) is 3.22. The van der Waals surface area contributed by atoms with Crippen LogP contribution in [0.3, 0.4) is 0 Å². The van der Waals surface area contributed by atoms with Crippen molar-refractivity contribution in [3.63, 3.8) is 0 Å². The third-order valence-electron chi connectivity index (χ3n) is 2.97. The molecule has 19 heavy (non-hydrogen) atoms. The van der Waals surface area contributed by atoms with Crippen LogP contribution in [0.15, 0.2) is 54.6 Å². The van der Waals surface area contributed by atoms with Crippen molar-refractivity contribution < 1.29 is 0 Å². The summed E-state index contributed by atoms with van der Waals surface area (Å²) in [6.45, 7) is 2.00. The fourth-order valence-corrected chi connectivity index (χ4v) is 2.23. The van der Waals surface area contributed by atoms with Crippen molar-refractivity contribution in [3.05, 3.63) is 65.3 Å². The maximum Gasteiger partial charge on any atom is 0.0726 e. The monoisotopic (exact) mass is 268 g/mol. The van der Waals surface area contributed by atoms with E-state index in [-0.39, 0.29) is 0 Å². The molecule has 0 aliphatic rings. The molecular formula is C16H13ClN2. The molecular weight excluding hydrogens is 256 g/mol. The average Bonchev–Trinajstić information content (AvgIpc) is 2.41. The molecule has 0 atom stereocenters. The lowest BCUT2D eigenvalue weighted by Gasteiger charge is -2.10. The van der Waals surface area contributed by atoms with Crippen molar-refractivity contribution in [2.24, 2.45) is 0 Å². The van der Waals surface area contributed by atoms with E-state index in [0.29, 0.717) is 0 Å². The van der Waals surface area contributed by atoms with Gasteiger partial charge in [-0.15, -0.1) is 0 Å². The van der Waals surface area contributed by atoms with Gasteiger partial charge in [0.15, 0.2) is 0 Å². The van der Waals surface area contributed by atoms with Gasteiger partial charge in [0.2, 0.25) is 0 Å². The van der Waals surface area contributed by atoms with Crippen molar-refractivity contribution in [3.8, 4) is 0 Å². The molecule has 2 nitrogen and oxygen atoms in total. The Morgan fingerprint density at radius 3 is 2.53 bits per heavy atom. The highest BCUT2D eigenvalue weighted by atomic mass is 35.5. The molecule has 0 amide bonds. The van der Waals surface area contributed by atoms with E-state index in [9.17, 15) is 0 Å². The number of nitrogens with one attached hydrogen (secondary N) is 1. The molecule has 0 fully saturated rings. The minimum Gasteiger partial charge on any atom is -0.355 e. The Bertz CT molecular complexity index is 720. The van der Waals surface area contributed by atoms with E-state index in [1.54, 1.807) is 0 Å². The van der Waals surface area contributed by atoms with Crippen molar-refractivity contribution in [1.29, 1.82) is 0 Å². The van der Waals surface area contributed by atoms with Crippen molar-refractivity contribution >= 4 is 33.9 Å². The molecule has 0 unspecified atom stereocenters. The van der Waals surface area contributed by atoms with Crippen molar-refractivity contribution in [2.45, 2.75) is 6.92 Å². The molecule has 0 radical (unpaired) electrons. The Kier molecular flexibility index (Phi) is 3.10. The van der Waals surface area contributed by atoms with E-state index in [4.69, 9.17) is 11.6 Å². The summed E-state index contributed by atoms with van der Waals surface area (Å²) >= 11 is 5.90. The highest BCUT2D eigenvalue weighted by molar-refractivity contribution is 6.30. The van der Waals surface area contributed by atoms with Gasteiger partial charge in [-0.05, 0) is 43.3 Å². The largest absolute Gasteiger partial charge is 0.355 e. The van der Waals surface area contributed by atoms with E-state index in [0.717, 1.165) is 33.0 Å². The second-order valence-corrected chi connectivity index (χ2v) is 4.90. The predicted octanol–water partition coefficient (Wildman–Crippen LogP) is 4.94. The van der Waals surface area contributed by atoms with E-state index in [1.807, 2.05) is 49.4 Å². The standard InChI is InChI=1S/C16H13ClN2/c1-11-10-16(14-4-2-3-5-15(14)18-11)19-13-8-6-12(17)7-9-13/h2-10H,1H3,(H,18,19). The summed E-state index contributed by atoms with van der Waals surface area (Å²) in [7, 11) is 0. The number of hydrogen-bond acceptors (Lipinski definition) is 2. The van der Waals surface area contributed by atoms with Gasteiger partial charge >= 0.3 is 0 Å². The molecule has 0 aliphatic heterocycles. The quantitative estimate of drug-likeness (QED) is 0.712. The first-order chi connectivity index (χ1) is 9.22. The van der Waals surface area contributed by atoms with Crippen LogP contribution in [0, 0.1) is 6.92 Å². The Morgan fingerprint density at radius 2 is 1.74 bits per heavy atom. The topological polar surface area (TPSA) is 24.9 Å². The maximum absolute atomic E-state index is 5.90. The highest BCUT2D eigenvalue weighted by Crippen LogP contribution is 2.26. The molecule has 0 aliphatic carbocycles. The van der Waals surface area contributed by atoms with Gasteiger partial charge in [-0.25, -0.2) is 0 Å². The smallest absolute Gasteiger partial charge is 0.0726 e. The van der Waals surface area contributed by atoms with Crippen molar-refractivity contribution in [1.82, 2.24) is 4.98 Å². The second kappa shape index (κ2) is 4.90. The van der Waals surface area contributed by atoms with Gasteiger partial charge in [0.25, 0.3) is 0 Å². The molecule has 3 rings (SSSR count). The number of rotatable bonds is 2. The average molecular weight is 269 g/mol. The Morgan fingerprint density at radius 1 is 1.00 bits per heavy atom. The van der Waals surface area contributed by atoms with E-state index in [1.165, 1.54) is 0 Å². The zero-order valence-electron chi connectivity index (χ0n) is 10.5. The van der Waals surface area contributed by atoms with Crippen LogP contribution in [0.25, 0.3) is 10.9 Å². The van der Waals surface area contributed by atoms with Gasteiger partial charge in [0.1, 0.15) is 0 Å². The summed E-state index contributed by atoms with van der Waals surface area (Å²) in [5.41, 5.74) is 4.07. The third kappa shape index (κ3) is 2.54. The summed E-state index contributed by atoms with van der Waals surface area (Å²) in [4.78, 5) is 4.53. The zero-order valence-corrected chi connectivity index (χ0v) is 11.3. The molecule has 0 saturated carbocycles. The normalized spacial score (nSPS) is 10.6. The van der Waals surface area contributed by atoms with Crippen molar-refractivity contribution in [2.75, 3.05) is 5.32 Å². The molecule has 0 spiro atoms. The Balaban J connectivity index is 2.07. The minimum absolute atomic E-state index is 0.737. The highest BCUT2D eigenvalue weighted by Gasteiger charge is 2.03. The number of benzene rings is 2. The molecule has 94 valence electrons. The molecule has 1 N–H and O–H groups in total. The SMILES string of the molecule is Cc1cc(Nc2ccc(Cl)cc2)c2ccccc2n1. The number of nitrogens with zero attached hydrogens (tertiary/aromatic N) is 1. The summed E-state index contributed by atoms with van der Waals surface area (Å²) in [6, 6.07) is 17.8. The molecule has 3 aromatic rings. The van der Waals surface area contributed by atoms with Crippen LogP contribution in [-0.2, 0) is 0 Å². The first kappa shape index (κ1) is 12.0. The fraction of sp³-hybridized carbons (Fsp3) is 0.0625. The number of anilines is 2. The van der Waals surface area contributed by atoms with Gasteiger partial charge in [-0.3, -0.25) is 4.98 Å². The number of hydrogen-bond donors (Lipinski definition) is 1. The first-order valence-electron chi connectivity index (χ1n) is 6.11. The van der Waals surface area contributed by atoms with Gasteiger partial charge in [-0.1, -0.05) is 29.8 Å². The van der Waals surface area contributed by atoms with Gasteiger partial charge in [0.05, 0.1) is 5.52 Å². The molecule has 0 bridgehead atoms. The second-order valence-electron chi connectivity index (χ2n) is 4.46. The summed E-state index contributed by atoms with van der Waals surface area (Å²) in [5, 5.41) is 5.27. The van der Waals surface area contributed by atoms with E-state index in [2.05, 4.69) is 22.4 Å². The van der Waals surface area contributed by atoms with Crippen LogP contribution in [0.2, 0.25) is 5.02 Å². The van der Waals surface area contributed by atoms with Crippen LogP contribution in [0.4, 0.5) is 11.4 Å². The predicted molar refractivity (Wildman–Crippen MR) is 81.2 cm³/mol. The summed E-state index contributed by atoms with van der Waals surface area (Å²) in [5.74, 6) is 0. The zero-order chi connectivity index (χ0) is 13.2. The lowest BCUT2D eigenvalue weighted by molar-refractivity contribution is 1.25. The summed E-state index contributed by atoms with van der Waals surface area (Å²) in [6.07, 6.45) is 0. The maximum atomic E-state index is 5.90. The molecule has 3 heteroatoms. The lowest BCUT2D eigenvalue weighted by Crippen LogP contribution is -1.94. The van der Waals surface area contributed by atoms with Crippen LogP contribution >= 0.6 is 11.6 Å². The molecule has 0 saturated heterocycles. The fourth-order valence-electron chi connectivity index (χ4n) is 2.10. The van der Waals surface area contributed by atoms with E-state index < -0.39 is 0 Å². The first-order valence-corrected chi connectivity index (χ1v) is 6.49.